The minimum Gasteiger partial charge on any atom is -0.396 e. The van der Waals surface area contributed by atoms with Gasteiger partial charge in [0.2, 0.25) is 0 Å². The van der Waals surface area contributed by atoms with E-state index < -0.39 is 6.17 Å². The van der Waals surface area contributed by atoms with Crippen molar-refractivity contribution in [3.05, 3.63) is 62.5 Å². The molecule has 4 rings (SSSR count). The van der Waals surface area contributed by atoms with Gasteiger partial charge in [-0.3, -0.25) is 9.56 Å². The molecule has 2 amide bonds. The maximum atomic E-state index is 12.7. The Balaban J connectivity index is 1.67. The minimum atomic E-state index is -0.708. The molecule has 2 aromatic heterocycles. The lowest BCUT2D eigenvalue weighted by molar-refractivity contribution is 0.236. The number of hydrogen-bond donors (Lipinski definition) is 3. The number of thiophene rings is 1. The molecule has 8 nitrogen and oxygen atoms in total. The van der Waals surface area contributed by atoms with Crippen LogP contribution in [-0.4, -0.2) is 44.8 Å². The molecule has 1 unspecified atom stereocenters. The summed E-state index contributed by atoms with van der Waals surface area (Å²) in [7, 11) is 0. The van der Waals surface area contributed by atoms with Gasteiger partial charge in [0.25, 0.3) is 0 Å². The maximum absolute atomic E-state index is 12.7. The van der Waals surface area contributed by atoms with Crippen LogP contribution in [0.3, 0.4) is 0 Å². The lowest BCUT2D eigenvalue weighted by Crippen LogP contribution is -2.38. The summed E-state index contributed by atoms with van der Waals surface area (Å²) in [4.78, 5) is 18.9. The van der Waals surface area contributed by atoms with Crippen LogP contribution in [0.5, 0.6) is 0 Å². The number of nitrogens with zero attached hydrogens (tertiary/aromatic N) is 4. The number of aliphatic imine (C=N–C) groups is 1. The predicted molar refractivity (Wildman–Crippen MR) is 135 cm³/mol. The van der Waals surface area contributed by atoms with E-state index in [-0.39, 0.29) is 12.6 Å². The van der Waals surface area contributed by atoms with Gasteiger partial charge in [-0.1, -0.05) is 36.6 Å². The van der Waals surface area contributed by atoms with Crippen LogP contribution in [0.15, 0.2) is 29.3 Å². The Morgan fingerprint density at radius 2 is 1.85 bits per heavy atom. The highest BCUT2D eigenvalue weighted by Gasteiger charge is 2.32. The van der Waals surface area contributed by atoms with Gasteiger partial charge in [0.15, 0.2) is 12.0 Å². The lowest BCUT2D eigenvalue weighted by atomic mass is 10.00. The molecular weight excluding hydrogens is 472 g/mol. The van der Waals surface area contributed by atoms with E-state index in [0.717, 1.165) is 58.9 Å². The number of benzene rings is 1. The van der Waals surface area contributed by atoms with E-state index in [0.29, 0.717) is 17.4 Å². The second-order valence-electron chi connectivity index (χ2n) is 8.33. The number of amides is 2. The molecule has 10 heteroatoms. The van der Waals surface area contributed by atoms with Crippen LogP contribution in [0.1, 0.15) is 65.1 Å². The number of halogens is 1. The largest absolute Gasteiger partial charge is 0.396 e. The van der Waals surface area contributed by atoms with Crippen molar-refractivity contribution in [2.24, 2.45) is 4.99 Å². The van der Waals surface area contributed by atoms with Crippen LogP contribution in [-0.2, 0) is 0 Å². The zero-order chi connectivity index (χ0) is 24.2. The second-order valence-corrected chi connectivity index (χ2v) is 9.97. The van der Waals surface area contributed by atoms with E-state index in [1.165, 1.54) is 4.88 Å². The average Bonchev–Trinajstić information content (AvgIpc) is 3.29. The van der Waals surface area contributed by atoms with Gasteiger partial charge in [0.05, 0.1) is 5.71 Å². The molecule has 0 saturated carbocycles. The molecule has 3 N–H and O–H groups in total. The van der Waals surface area contributed by atoms with Crippen LogP contribution < -0.4 is 10.6 Å². The first-order chi connectivity index (χ1) is 16.4. The van der Waals surface area contributed by atoms with Crippen molar-refractivity contribution in [1.29, 1.82) is 0 Å². The summed E-state index contributed by atoms with van der Waals surface area (Å²) in [5.74, 6) is 1.31. The molecule has 0 bridgehead atoms. The standard InChI is InChI=1S/C24H29ClN6O2S/c1-14-15(2)34-23-19(14)20(17-8-10-18(25)11-9-17)27-21(22-30-29-16(3)31(22)23)28-24(33)26-12-6-4-5-7-13-32/h8-11,21,32H,4-7,12-13H2,1-3H3,(H2,26,28,33). The van der Waals surface area contributed by atoms with E-state index in [2.05, 4.69) is 34.7 Å². The molecule has 1 aliphatic rings. The van der Waals surface area contributed by atoms with Gasteiger partial charge in [-0.05, 0) is 51.3 Å². The Morgan fingerprint density at radius 3 is 2.59 bits per heavy atom. The number of rotatable bonds is 8. The summed E-state index contributed by atoms with van der Waals surface area (Å²) in [5, 5.41) is 25.1. The SMILES string of the molecule is Cc1sc2c(c1C)C(c1ccc(Cl)cc1)=NC(NC(=O)NCCCCCCO)c1nnc(C)n1-2. The van der Waals surface area contributed by atoms with Crippen LogP contribution in [0, 0.1) is 20.8 Å². The highest BCUT2D eigenvalue weighted by atomic mass is 35.5. The molecule has 1 atom stereocenters. The van der Waals surface area contributed by atoms with Gasteiger partial charge in [0, 0.05) is 34.2 Å². The van der Waals surface area contributed by atoms with Crippen LogP contribution >= 0.6 is 22.9 Å². The molecule has 1 aliphatic heterocycles. The van der Waals surface area contributed by atoms with Gasteiger partial charge in [0.1, 0.15) is 10.8 Å². The van der Waals surface area contributed by atoms with E-state index in [4.69, 9.17) is 21.7 Å². The number of hydrogen-bond acceptors (Lipinski definition) is 6. The predicted octanol–water partition coefficient (Wildman–Crippen LogP) is 4.61. The zero-order valence-electron chi connectivity index (χ0n) is 19.6. The van der Waals surface area contributed by atoms with Crippen molar-refractivity contribution in [3.63, 3.8) is 0 Å². The highest BCUT2D eigenvalue weighted by Crippen LogP contribution is 2.38. The minimum absolute atomic E-state index is 0.203. The number of carbonyl (C=O) groups excluding carboxylic acids is 1. The zero-order valence-corrected chi connectivity index (χ0v) is 21.1. The number of unbranched alkanes of at least 4 members (excludes halogenated alkanes) is 3. The van der Waals surface area contributed by atoms with E-state index in [1.54, 1.807) is 11.3 Å². The van der Waals surface area contributed by atoms with Gasteiger partial charge in [-0.25, -0.2) is 4.79 Å². The number of aliphatic hydroxyl groups is 1. The van der Waals surface area contributed by atoms with Crippen LogP contribution in [0.2, 0.25) is 5.02 Å². The molecule has 3 aromatic rings. The molecule has 0 saturated heterocycles. The number of aryl methyl sites for hydroxylation is 2. The molecular formula is C24H29ClN6O2S. The Bertz CT molecular complexity index is 1200. The number of urea groups is 1. The summed E-state index contributed by atoms with van der Waals surface area (Å²) in [6.07, 6.45) is 2.83. The fourth-order valence-corrected chi connectivity index (χ4v) is 5.33. The maximum Gasteiger partial charge on any atom is 0.316 e. The Morgan fingerprint density at radius 1 is 1.12 bits per heavy atom. The quantitative estimate of drug-likeness (QED) is 0.393. The van der Waals surface area contributed by atoms with Crippen molar-refractivity contribution in [1.82, 2.24) is 25.4 Å². The number of aromatic nitrogens is 3. The Labute approximate surface area is 208 Å². The van der Waals surface area contributed by atoms with Crippen molar-refractivity contribution in [2.75, 3.05) is 13.2 Å². The van der Waals surface area contributed by atoms with Gasteiger partial charge in [-0.15, -0.1) is 21.5 Å². The first-order valence-electron chi connectivity index (χ1n) is 11.4. The van der Waals surface area contributed by atoms with Crippen LogP contribution in [0.25, 0.3) is 5.00 Å². The molecule has 34 heavy (non-hydrogen) atoms. The van der Waals surface area contributed by atoms with Crippen LogP contribution in [0.4, 0.5) is 4.79 Å². The molecule has 180 valence electrons. The molecule has 1 aromatic carbocycles. The molecule has 0 aliphatic carbocycles. The van der Waals surface area contributed by atoms with Gasteiger partial charge in [-0.2, -0.15) is 0 Å². The summed E-state index contributed by atoms with van der Waals surface area (Å²) in [6, 6.07) is 7.27. The first-order valence-corrected chi connectivity index (χ1v) is 12.6. The summed E-state index contributed by atoms with van der Waals surface area (Å²) in [5.41, 5.74) is 3.86. The Kier molecular flexibility index (Phi) is 7.65. The van der Waals surface area contributed by atoms with Gasteiger partial charge >= 0.3 is 6.03 Å². The lowest BCUT2D eigenvalue weighted by Gasteiger charge is -2.15. The third-order valence-corrected chi connectivity index (χ3v) is 7.36. The fraction of sp³-hybridized carbons (Fsp3) is 0.417. The molecule has 0 fully saturated rings. The molecule has 0 spiro atoms. The second kappa shape index (κ2) is 10.7. The van der Waals surface area contributed by atoms with E-state index in [1.807, 2.05) is 35.8 Å². The summed E-state index contributed by atoms with van der Waals surface area (Å²) in [6.45, 7) is 6.84. The van der Waals surface area contributed by atoms with E-state index >= 15 is 0 Å². The first kappa shape index (κ1) is 24.4. The third-order valence-electron chi connectivity index (χ3n) is 5.92. The van der Waals surface area contributed by atoms with Crippen molar-refractivity contribution in [2.45, 2.75) is 52.6 Å². The number of carbonyl (C=O) groups is 1. The summed E-state index contributed by atoms with van der Waals surface area (Å²) >= 11 is 7.81. The normalized spacial score (nSPS) is 14.7. The fourth-order valence-electron chi connectivity index (χ4n) is 3.99. The molecule has 3 heterocycles. The third kappa shape index (κ3) is 5.01. The number of fused-ring (bicyclic) bond motifs is 3. The van der Waals surface area contributed by atoms with Crippen molar-refractivity contribution >= 4 is 34.7 Å². The number of nitrogens with one attached hydrogen (secondary N) is 2. The summed E-state index contributed by atoms with van der Waals surface area (Å²) < 4.78 is 1.99. The highest BCUT2D eigenvalue weighted by molar-refractivity contribution is 7.15. The van der Waals surface area contributed by atoms with E-state index in [9.17, 15) is 4.79 Å². The van der Waals surface area contributed by atoms with Gasteiger partial charge < -0.3 is 15.7 Å². The monoisotopic (exact) mass is 500 g/mol. The molecule has 0 radical (unpaired) electrons. The Hall–Kier alpha value is -2.75. The average molecular weight is 501 g/mol. The topological polar surface area (TPSA) is 104 Å². The number of aliphatic hydroxyl groups excluding tert-OH is 1. The van der Waals surface area contributed by atoms with Crippen molar-refractivity contribution < 1.29 is 9.90 Å². The smallest absolute Gasteiger partial charge is 0.316 e. The van der Waals surface area contributed by atoms with Crippen molar-refractivity contribution in [3.8, 4) is 5.00 Å².